The van der Waals surface area contributed by atoms with Gasteiger partial charge in [-0.15, -0.1) is 0 Å². The van der Waals surface area contributed by atoms with Crippen LogP contribution >= 0.6 is 0 Å². The Morgan fingerprint density at radius 3 is 2.53 bits per heavy atom. The smallest absolute Gasteiger partial charge is 0.338 e. The van der Waals surface area contributed by atoms with Crippen LogP contribution in [0.2, 0.25) is 0 Å². The molecule has 1 rings (SSSR count). The Balaban J connectivity index is 2.66. The molecule has 1 unspecified atom stereocenters. The molecule has 0 aliphatic carbocycles. The number of hydrogen-bond acceptors (Lipinski definition) is 3. The zero-order valence-corrected chi connectivity index (χ0v) is 10.3. The maximum absolute atomic E-state index is 11.4. The minimum atomic E-state index is -0.292. The van der Waals surface area contributed by atoms with E-state index in [1.54, 1.807) is 19.1 Å². The van der Waals surface area contributed by atoms with E-state index in [1.165, 1.54) is 0 Å². The Labute approximate surface area is 102 Å². The molecule has 0 amide bonds. The lowest BCUT2D eigenvalue weighted by atomic mass is 9.96. The molecule has 3 heteroatoms. The molecule has 0 aromatic heterocycles. The Morgan fingerprint density at radius 1 is 1.35 bits per heavy atom. The molecule has 0 spiro atoms. The SMILES string of the molecule is CCOC(=O)c1ccc(C(C)CCC=O)cc1. The van der Waals surface area contributed by atoms with Crippen molar-refractivity contribution in [1.82, 2.24) is 0 Å². The van der Waals surface area contributed by atoms with E-state index in [0.717, 1.165) is 18.3 Å². The molecule has 1 aromatic rings. The third-order valence-corrected chi connectivity index (χ3v) is 2.71. The first-order valence-electron chi connectivity index (χ1n) is 5.89. The van der Waals surface area contributed by atoms with Crippen LogP contribution in [0.25, 0.3) is 0 Å². The summed E-state index contributed by atoms with van der Waals surface area (Å²) in [6, 6.07) is 7.37. The monoisotopic (exact) mass is 234 g/mol. The normalized spacial score (nSPS) is 11.9. The molecule has 0 heterocycles. The van der Waals surface area contributed by atoms with E-state index >= 15 is 0 Å². The van der Waals surface area contributed by atoms with Crippen LogP contribution in [0.4, 0.5) is 0 Å². The Bertz CT molecular complexity index is 368. The molecule has 1 aromatic carbocycles. The second-order valence-electron chi connectivity index (χ2n) is 3.99. The molecule has 0 aliphatic rings. The number of esters is 1. The van der Waals surface area contributed by atoms with Crippen molar-refractivity contribution in [3.8, 4) is 0 Å². The van der Waals surface area contributed by atoms with Gasteiger partial charge in [0.25, 0.3) is 0 Å². The minimum Gasteiger partial charge on any atom is -0.462 e. The molecule has 3 nitrogen and oxygen atoms in total. The van der Waals surface area contributed by atoms with Crippen LogP contribution in [0.3, 0.4) is 0 Å². The fourth-order valence-corrected chi connectivity index (χ4v) is 1.65. The van der Waals surface area contributed by atoms with Gasteiger partial charge in [0.15, 0.2) is 0 Å². The van der Waals surface area contributed by atoms with Gasteiger partial charge in [-0.25, -0.2) is 4.79 Å². The molecule has 0 N–H and O–H groups in total. The predicted octanol–water partition coefficient (Wildman–Crippen LogP) is 2.95. The van der Waals surface area contributed by atoms with Gasteiger partial charge in [0.2, 0.25) is 0 Å². The predicted molar refractivity (Wildman–Crippen MR) is 66.1 cm³/mol. The van der Waals surface area contributed by atoms with Gasteiger partial charge >= 0.3 is 5.97 Å². The molecule has 0 radical (unpaired) electrons. The van der Waals surface area contributed by atoms with Crippen molar-refractivity contribution in [1.29, 1.82) is 0 Å². The average Bonchev–Trinajstić information content (AvgIpc) is 2.36. The lowest BCUT2D eigenvalue weighted by Crippen LogP contribution is -2.04. The quantitative estimate of drug-likeness (QED) is 0.561. The van der Waals surface area contributed by atoms with Gasteiger partial charge < -0.3 is 9.53 Å². The highest BCUT2D eigenvalue weighted by atomic mass is 16.5. The minimum absolute atomic E-state index is 0.292. The fraction of sp³-hybridized carbons (Fsp3) is 0.429. The molecular weight excluding hydrogens is 216 g/mol. The van der Waals surface area contributed by atoms with Crippen molar-refractivity contribution < 1.29 is 14.3 Å². The van der Waals surface area contributed by atoms with Crippen molar-refractivity contribution in [3.05, 3.63) is 35.4 Å². The molecular formula is C14H18O3. The summed E-state index contributed by atoms with van der Waals surface area (Å²) in [7, 11) is 0. The molecule has 0 fully saturated rings. The topological polar surface area (TPSA) is 43.4 Å². The number of carbonyl (C=O) groups is 2. The van der Waals surface area contributed by atoms with Crippen LogP contribution in [0, 0.1) is 0 Å². The highest BCUT2D eigenvalue weighted by Gasteiger charge is 2.08. The van der Waals surface area contributed by atoms with Gasteiger partial charge in [-0.1, -0.05) is 19.1 Å². The van der Waals surface area contributed by atoms with Crippen molar-refractivity contribution in [3.63, 3.8) is 0 Å². The number of ether oxygens (including phenoxy) is 1. The zero-order valence-electron chi connectivity index (χ0n) is 10.3. The summed E-state index contributed by atoms with van der Waals surface area (Å²) in [6.07, 6.45) is 2.34. The second kappa shape index (κ2) is 6.84. The maximum atomic E-state index is 11.4. The van der Waals surface area contributed by atoms with Gasteiger partial charge in [-0.2, -0.15) is 0 Å². The first-order valence-corrected chi connectivity index (χ1v) is 5.89. The lowest BCUT2D eigenvalue weighted by molar-refractivity contribution is -0.108. The molecule has 0 aliphatic heterocycles. The van der Waals surface area contributed by atoms with Gasteiger partial charge in [0.05, 0.1) is 12.2 Å². The van der Waals surface area contributed by atoms with Crippen LogP contribution < -0.4 is 0 Å². The first kappa shape index (κ1) is 13.4. The Hall–Kier alpha value is -1.64. The summed E-state index contributed by atoms with van der Waals surface area (Å²) in [5, 5.41) is 0. The zero-order chi connectivity index (χ0) is 12.7. The largest absolute Gasteiger partial charge is 0.462 e. The summed E-state index contributed by atoms with van der Waals surface area (Å²) in [5.74, 6) is 0.0380. The molecule has 0 bridgehead atoms. The van der Waals surface area contributed by atoms with Crippen LogP contribution in [-0.4, -0.2) is 18.9 Å². The summed E-state index contributed by atoms with van der Waals surface area (Å²) in [5.41, 5.74) is 1.71. The van der Waals surface area contributed by atoms with Crippen molar-refractivity contribution in [2.24, 2.45) is 0 Å². The highest BCUT2D eigenvalue weighted by Crippen LogP contribution is 2.20. The number of aldehydes is 1. The molecule has 0 saturated heterocycles. The highest BCUT2D eigenvalue weighted by molar-refractivity contribution is 5.89. The summed E-state index contributed by atoms with van der Waals surface area (Å²) in [6.45, 7) is 4.24. The summed E-state index contributed by atoms with van der Waals surface area (Å²) in [4.78, 5) is 21.7. The first-order chi connectivity index (χ1) is 8.19. The molecule has 1 atom stereocenters. The van der Waals surface area contributed by atoms with Crippen molar-refractivity contribution >= 4 is 12.3 Å². The molecule has 92 valence electrons. The van der Waals surface area contributed by atoms with E-state index in [9.17, 15) is 9.59 Å². The van der Waals surface area contributed by atoms with E-state index in [-0.39, 0.29) is 5.97 Å². The number of carbonyl (C=O) groups excluding carboxylic acids is 2. The molecule has 0 saturated carbocycles. The van der Waals surface area contributed by atoms with E-state index < -0.39 is 0 Å². The lowest BCUT2D eigenvalue weighted by Gasteiger charge is -2.10. The van der Waals surface area contributed by atoms with Gasteiger partial charge in [0, 0.05) is 6.42 Å². The number of benzene rings is 1. The van der Waals surface area contributed by atoms with Crippen LogP contribution in [0.1, 0.15) is 48.5 Å². The average molecular weight is 234 g/mol. The third kappa shape index (κ3) is 4.02. The Morgan fingerprint density at radius 2 is 2.00 bits per heavy atom. The van der Waals surface area contributed by atoms with Crippen molar-refractivity contribution in [2.75, 3.05) is 6.61 Å². The third-order valence-electron chi connectivity index (χ3n) is 2.71. The van der Waals surface area contributed by atoms with E-state index in [0.29, 0.717) is 24.5 Å². The van der Waals surface area contributed by atoms with Gasteiger partial charge in [0.1, 0.15) is 6.29 Å². The second-order valence-corrected chi connectivity index (χ2v) is 3.99. The van der Waals surface area contributed by atoms with Gasteiger partial charge in [-0.3, -0.25) is 0 Å². The number of rotatable bonds is 6. The van der Waals surface area contributed by atoms with Gasteiger partial charge in [-0.05, 0) is 37.0 Å². The summed E-state index contributed by atoms with van der Waals surface area (Å²) >= 11 is 0. The molecule has 17 heavy (non-hydrogen) atoms. The van der Waals surface area contributed by atoms with E-state index in [2.05, 4.69) is 6.92 Å². The van der Waals surface area contributed by atoms with E-state index in [1.807, 2.05) is 12.1 Å². The summed E-state index contributed by atoms with van der Waals surface area (Å²) < 4.78 is 4.91. The maximum Gasteiger partial charge on any atom is 0.338 e. The van der Waals surface area contributed by atoms with Crippen LogP contribution in [0.15, 0.2) is 24.3 Å². The van der Waals surface area contributed by atoms with Crippen molar-refractivity contribution in [2.45, 2.75) is 32.6 Å². The van der Waals surface area contributed by atoms with Crippen LogP contribution in [-0.2, 0) is 9.53 Å². The standard InChI is InChI=1S/C14H18O3/c1-3-17-14(16)13-8-6-12(7-9-13)11(2)5-4-10-15/h6-11H,3-5H2,1-2H3. The fourth-order valence-electron chi connectivity index (χ4n) is 1.65. The number of hydrogen-bond donors (Lipinski definition) is 0. The van der Waals surface area contributed by atoms with E-state index in [4.69, 9.17) is 4.74 Å². The van der Waals surface area contributed by atoms with Crippen LogP contribution in [0.5, 0.6) is 0 Å². The Kier molecular flexibility index (Phi) is 5.40.